The molecule has 0 heterocycles. The summed E-state index contributed by atoms with van der Waals surface area (Å²) in [5.74, 6) is 0.388. The first-order valence-electron chi connectivity index (χ1n) is 6.17. The lowest BCUT2D eigenvalue weighted by Crippen LogP contribution is -2.12. The number of anilines is 1. The second kappa shape index (κ2) is 5.45. The van der Waals surface area contributed by atoms with Crippen LogP contribution in [0.3, 0.4) is 0 Å². The highest BCUT2D eigenvalue weighted by atomic mass is 32.2. The summed E-state index contributed by atoms with van der Waals surface area (Å²) in [6.45, 7) is 4.15. The highest BCUT2D eigenvalue weighted by molar-refractivity contribution is 7.92. The summed E-state index contributed by atoms with van der Waals surface area (Å²) in [4.78, 5) is 0.278. The average Bonchev–Trinajstić information content (AvgIpc) is 2.39. The molecule has 0 bridgehead atoms. The topological polar surface area (TPSA) is 46.2 Å². The van der Waals surface area contributed by atoms with E-state index in [1.165, 1.54) is 0 Å². The molecule has 0 saturated heterocycles. The van der Waals surface area contributed by atoms with E-state index in [-0.39, 0.29) is 4.90 Å². The van der Waals surface area contributed by atoms with E-state index in [9.17, 15) is 8.42 Å². The van der Waals surface area contributed by atoms with E-state index in [0.717, 1.165) is 5.56 Å². The molecule has 100 valence electrons. The number of nitrogens with one attached hydrogen (secondary N) is 1. The van der Waals surface area contributed by atoms with Crippen LogP contribution in [-0.2, 0) is 10.0 Å². The van der Waals surface area contributed by atoms with Gasteiger partial charge in [0.05, 0.1) is 4.90 Å². The normalized spacial score (nSPS) is 11.5. The van der Waals surface area contributed by atoms with Crippen molar-refractivity contribution in [1.29, 1.82) is 0 Å². The van der Waals surface area contributed by atoms with Crippen LogP contribution < -0.4 is 4.72 Å². The van der Waals surface area contributed by atoms with Crippen LogP contribution in [0.2, 0.25) is 0 Å². The smallest absolute Gasteiger partial charge is 0.261 e. The monoisotopic (exact) mass is 275 g/mol. The van der Waals surface area contributed by atoms with Crippen molar-refractivity contribution in [1.82, 2.24) is 0 Å². The maximum atomic E-state index is 12.2. The van der Waals surface area contributed by atoms with E-state index in [1.807, 2.05) is 18.2 Å². The van der Waals surface area contributed by atoms with Gasteiger partial charge in [0.2, 0.25) is 0 Å². The molecular formula is C15H17NO2S. The molecule has 19 heavy (non-hydrogen) atoms. The largest absolute Gasteiger partial charge is 0.280 e. The van der Waals surface area contributed by atoms with Crippen molar-refractivity contribution in [3.05, 3.63) is 60.2 Å². The van der Waals surface area contributed by atoms with Crippen LogP contribution >= 0.6 is 0 Å². The van der Waals surface area contributed by atoms with Crippen LogP contribution in [0.15, 0.2) is 59.5 Å². The van der Waals surface area contributed by atoms with E-state index in [0.29, 0.717) is 11.6 Å². The fourth-order valence-corrected chi connectivity index (χ4v) is 2.81. The summed E-state index contributed by atoms with van der Waals surface area (Å²) in [5.41, 5.74) is 1.69. The van der Waals surface area contributed by atoms with Crippen LogP contribution in [-0.4, -0.2) is 8.42 Å². The molecule has 0 amide bonds. The summed E-state index contributed by atoms with van der Waals surface area (Å²) >= 11 is 0. The summed E-state index contributed by atoms with van der Waals surface area (Å²) in [7, 11) is -3.51. The Labute approximate surface area is 114 Å². The Morgan fingerprint density at radius 3 is 2.00 bits per heavy atom. The van der Waals surface area contributed by atoms with Crippen molar-refractivity contribution in [3.63, 3.8) is 0 Å². The Morgan fingerprint density at radius 2 is 1.47 bits per heavy atom. The van der Waals surface area contributed by atoms with Gasteiger partial charge in [-0.25, -0.2) is 8.42 Å². The lowest BCUT2D eigenvalue weighted by Gasteiger charge is -2.09. The number of rotatable bonds is 4. The van der Waals surface area contributed by atoms with Crippen LogP contribution in [0.5, 0.6) is 0 Å². The van der Waals surface area contributed by atoms with Gasteiger partial charge in [0.1, 0.15) is 0 Å². The Hall–Kier alpha value is -1.81. The minimum atomic E-state index is -3.51. The third-order valence-electron chi connectivity index (χ3n) is 2.88. The third-order valence-corrected chi connectivity index (χ3v) is 4.28. The van der Waals surface area contributed by atoms with E-state index in [2.05, 4.69) is 18.6 Å². The summed E-state index contributed by atoms with van der Waals surface area (Å²) in [6, 6.07) is 15.9. The lowest BCUT2D eigenvalue weighted by molar-refractivity contribution is 0.601. The third kappa shape index (κ3) is 3.35. The first kappa shape index (κ1) is 13.6. The maximum absolute atomic E-state index is 12.2. The fraction of sp³-hybridized carbons (Fsp3) is 0.200. The predicted molar refractivity (Wildman–Crippen MR) is 77.8 cm³/mol. The van der Waals surface area contributed by atoms with Crippen molar-refractivity contribution in [2.45, 2.75) is 24.7 Å². The van der Waals surface area contributed by atoms with Gasteiger partial charge >= 0.3 is 0 Å². The van der Waals surface area contributed by atoms with Crippen LogP contribution in [0.1, 0.15) is 25.3 Å². The van der Waals surface area contributed by atoms with Gasteiger partial charge < -0.3 is 0 Å². The summed E-state index contributed by atoms with van der Waals surface area (Å²) < 4.78 is 26.9. The van der Waals surface area contributed by atoms with Gasteiger partial charge in [0.25, 0.3) is 10.0 Å². The molecule has 0 saturated carbocycles. The summed E-state index contributed by atoms with van der Waals surface area (Å²) in [5, 5.41) is 0. The van der Waals surface area contributed by atoms with Gasteiger partial charge in [-0.1, -0.05) is 44.2 Å². The number of para-hydroxylation sites is 1. The second-order valence-corrected chi connectivity index (χ2v) is 6.38. The van der Waals surface area contributed by atoms with Gasteiger partial charge in [0.15, 0.2) is 0 Å². The molecule has 0 aliphatic carbocycles. The first-order valence-corrected chi connectivity index (χ1v) is 7.65. The quantitative estimate of drug-likeness (QED) is 0.926. The maximum Gasteiger partial charge on any atom is 0.261 e. The van der Waals surface area contributed by atoms with Gasteiger partial charge in [0, 0.05) is 5.69 Å². The minimum absolute atomic E-state index is 0.278. The van der Waals surface area contributed by atoms with Crippen molar-refractivity contribution < 1.29 is 8.42 Å². The Kier molecular flexibility index (Phi) is 3.90. The molecule has 0 aliphatic heterocycles. The van der Waals surface area contributed by atoms with E-state index < -0.39 is 10.0 Å². The standard InChI is InChI=1S/C15H17NO2S/c1-12(2)13-8-10-15(11-9-13)19(17,18)16-14-6-4-3-5-7-14/h3-12,16H,1-2H3. The highest BCUT2D eigenvalue weighted by Crippen LogP contribution is 2.19. The number of hydrogen-bond acceptors (Lipinski definition) is 2. The zero-order chi connectivity index (χ0) is 13.9. The molecule has 4 heteroatoms. The van der Waals surface area contributed by atoms with Gasteiger partial charge in [-0.3, -0.25) is 4.72 Å². The number of hydrogen-bond donors (Lipinski definition) is 1. The molecule has 0 unspecified atom stereocenters. The van der Waals surface area contributed by atoms with E-state index in [1.54, 1.807) is 36.4 Å². The molecule has 0 atom stereocenters. The van der Waals surface area contributed by atoms with Gasteiger partial charge in [-0.2, -0.15) is 0 Å². The molecule has 0 fully saturated rings. The van der Waals surface area contributed by atoms with Crippen LogP contribution in [0.25, 0.3) is 0 Å². The number of sulfonamides is 1. The molecule has 0 spiro atoms. The van der Waals surface area contributed by atoms with E-state index in [4.69, 9.17) is 0 Å². The number of benzene rings is 2. The Balaban J connectivity index is 2.25. The first-order chi connectivity index (χ1) is 8.99. The Morgan fingerprint density at radius 1 is 0.895 bits per heavy atom. The van der Waals surface area contributed by atoms with Crippen LogP contribution in [0, 0.1) is 0 Å². The molecule has 0 radical (unpaired) electrons. The van der Waals surface area contributed by atoms with Crippen LogP contribution in [0.4, 0.5) is 5.69 Å². The molecule has 2 aromatic rings. The molecule has 2 rings (SSSR count). The predicted octanol–water partition coefficient (Wildman–Crippen LogP) is 3.61. The second-order valence-electron chi connectivity index (χ2n) is 4.70. The Bertz CT molecular complexity index is 632. The zero-order valence-electron chi connectivity index (χ0n) is 11.0. The van der Waals surface area contributed by atoms with Crippen molar-refractivity contribution in [2.75, 3.05) is 4.72 Å². The van der Waals surface area contributed by atoms with Gasteiger partial charge in [-0.15, -0.1) is 0 Å². The van der Waals surface area contributed by atoms with E-state index >= 15 is 0 Å². The molecular weight excluding hydrogens is 258 g/mol. The van der Waals surface area contributed by atoms with Crippen molar-refractivity contribution >= 4 is 15.7 Å². The molecule has 3 nitrogen and oxygen atoms in total. The molecule has 2 aromatic carbocycles. The highest BCUT2D eigenvalue weighted by Gasteiger charge is 2.14. The van der Waals surface area contributed by atoms with Crippen molar-refractivity contribution in [2.24, 2.45) is 0 Å². The minimum Gasteiger partial charge on any atom is -0.280 e. The molecule has 0 aromatic heterocycles. The van der Waals surface area contributed by atoms with Gasteiger partial charge in [-0.05, 0) is 35.7 Å². The molecule has 0 aliphatic rings. The SMILES string of the molecule is CC(C)c1ccc(S(=O)(=O)Nc2ccccc2)cc1. The molecule has 1 N–H and O–H groups in total. The zero-order valence-corrected chi connectivity index (χ0v) is 11.8. The fourth-order valence-electron chi connectivity index (χ4n) is 1.75. The van der Waals surface area contributed by atoms with Crippen molar-refractivity contribution in [3.8, 4) is 0 Å². The average molecular weight is 275 g/mol. The summed E-state index contributed by atoms with van der Waals surface area (Å²) in [6.07, 6.45) is 0. The lowest BCUT2D eigenvalue weighted by atomic mass is 10.0.